The molecule has 0 radical (unpaired) electrons. The van der Waals surface area contributed by atoms with Crippen LogP contribution in [0.2, 0.25) is 0 Å². The van der Waals surface area contributed by atoms with Gasteiger partial charge in [-0.15, -0.1) is 0 Å². The Morgan fingerprint density at radius 2 is 1.02 bits per heavy atom. The average molecular weight is 526 g/mol. The summed E-state index contributed by atoms with van der Waals surface area (Å²) in [5.41, 5.74) is 9.35. The summed E-state index contributed by atoms with van der Waals surface area (Å²) >= 11 is 0. The second-order valence-electron chi connectivity index (χ2n) is 9.97. The van der Waals surface area contributed by atoms with Gasteiger partial charge in [-0.2, -0.15) is 0 Å². The molecule has 1 heterocycles. The minimum absolute atomic E-state index is 0.713. The molecule has 0 saturated carbocycles. The third-order valence-electron chi connectivity index (χ3n) is 7.30. The summed E-state index contributed by atoms with van der Waals surface area (Å²) in [6.07, 6.45) is 0. The van der Waals surface area contributed by atoms with Gasteiger partial charge < -0.3 is 5.32 Å². The van der Waals surface area contributed by atoms with Gasteiger partial charge >= 0.3 is 0 Å². The number of benzene rings is 6. The van der Waals surface area contributed by atoms with Gasteiger partial charge in [-0.05, 0) is 40.6 Å². The third-order valence-corrected chi connectivity index (χ3v) is 7.30. The van der Waals surface area contributed by atoms with Crippen molar-refractivity contribution in [2.24, 2.45) is 0 Å². The van der Waals surface area contributed by atoms with Gasteiger partial charge in [0.25, 0.3) is 0 Å². The van der Waals surface area contributed by atoms with Crippen molar-refractivity contribution in [1.29, 1.82) is 0 Å². The molecule has 0 aliphatic carbocycles. The first kappa shape index (κ1) is 24.5. The lowest BCUT2D eigenvalue weighted by Crippen LogP contribution is -1.97. The van der Waals surface area contributed by atoms with Crippen molar-refractivity contribution in [1.82, 2.24) is 9.97 Å². The first-order valence-corrected chi connectivity index (χ1v) is 13.8. The predicted octanol–water partition coefficient (Wildman–Crippen LogP) is 10.0. The van der Waals surface area contributed by atoms with Gasteiger partial charge in [0.15, 0.2) is 5.82 Å². The summed E-state index contributed by atoms with van der Waals surface area (Å²) in [4.78, 5) is 10.1. The van der Waals surface area contributed by atoms with E-state index in [4.69, 9.17) is 9.97 Å². The Hall–Kier alpha value is -5.54. The maximum atomic E-state index is 5.04. The van der Waals surface area contributed by atoms with Crippen LogP contribution in [-0.2, 0) is 0 Å². The molecule has 0 spiro atoms. The smallest absolute Gasteiger partial charge is 0.160 e. The van der Waals surface area contributed by atoms with Gasteiger partial charge in [0.05, 0.1) is 11.4 Å². The molecule has 0 fully saturated rings. The molecule has 0 saturated heterocycles. The fourth-order valence-electron chi connectivity index (χ4n) is 5.24. The Morgan fingerprint density at radius 3 is 1.83 bits per heavy atom. The van der Waals surface area contributed by atoms with Crippen LogP contribution in [0, 0.1) is 0 Å². The highest BCUT2D eigenvalue weighted by Crippen LogP contribution is 2.33. The van der Waals surface area contributed by atoms with E-state index in [9.17, 15) is 0 Å². The SMILES string of the molecule is c1ccc(-c2nc(-c3ccc(Nc4ccccc4-c4ccccc4)cc3)cc(-c3cccc4ccccc34)n2)cc1. The van der Waals surface area contributed by atoms with Gasteiger partial charge in [-0.25, -0.2) is 9.97 Å². The maximum absolute atomic E-state index is 5.04. The van der Waals surface area contributed by atoms with Gasteiger partial charge in [0.1, 0.15) is 0 Å². The highest BCUT2D eigenvalue weighted by molar-refractivity contribution is 5.96. The molecule has 7 rings (SSSR count). The second-order valence-corrected chi connectivity index (χ2v) is 9.97. The molecule has 0 unspecified atom stereocenters. The van der Waals surface area contributed by atoms with Crippen LogP contribution < -0.4 is 5.32 Å². The van der Waals surface area contributed by atoms with E-state index in [1.165, 1.54) is 21.9 Å². The van der Waals surface area contributed by atoms with Crippen molar-refractivity contribution in [2.75, 3.05) is 5.32 Å². The molecule has 0 atom stereocenters. The van der Waals surface area contributed by atoms with Crippen LogP contribution in [0.5, 0.6) is 0 Å². The Kier molecular flexibility index (Phi) is 6.52. The van der Waals surface area contributed by atoms with Crippen molar-refractivity contribution in [3.8, 4) is 45.0 Å². The molecule has 3 nitrogen and oxygen atoms in total. The lowest BCUT2D eigenvalue weighted by Gasteiger charge is -2.14. The first-order valence-electron chi connectivity index (χ1n) is 13.8. The largest absolute Gasteiger partial charge is 0.355 e. The molecule has 7 aromatic rings. The van der Waals surface area contributed by atoms with E-state index >= 15 is 0 Å². The quantitative estimate of drug-likeness (QED) is 0.235. The van der Waals surface area contributed by atoms with Crippen LogP contribution >= 0.6 is 0 Å². The Labute approximate surface area is 239 Å². The van der Waals surface area contributed by atoms with E-state index in [1.54, 1.807) is 0 Å². The van der Waals surface area contributed by atoms with Gasteiger partial charge in [0.2, 0.25) is 0 Å². The molecule has 1 aromatic heterocycles. The fraction of sp³-hybridized carbons (Fsp3) is 0. The maximum Gasteiger partial charge on any atom is 0.160 e. The molecule has 0 amide bonds. The Morgan fingerprint density at radius 1 is 0.415 bits per heavy atom. The number of aromatic nitrogens is 2. The van der Waals surface area contributed by atoms with Gasteiger partial charge in [-0.1, -0.05) is 133 Å². The summed E-state index contributed by atoms with van der Waals surface area (Å²) in [7, 11) is 0. The molecule has 3 heteroatoms. The molecule has 194 valence electrons. The molecule has 0 aliphatic heterocycles. The van der Waals surface area contributed by atoms with E-state index in [1.807, 2.05) is 24.3 Å². The molecular weight excluding hydrogens is 498 g/mol. The van der Waals surface area contributed by atoms with Crippen LogP contribution in [0.1, 0.15) is 0 Å². The fourth-order valence-corrected chi connectivity index (χ4v) is 5.24. The summed E-state index contributed by atoms with van der Waals surface area (Å²) in [6, 6.07) is 54.4. The van der Waals surface area contributed by atoms with Crippen molar-refractivity contribution >= 4 is 22.1 Å². The van der Waals surface area contributed by atoms with Crippen LogP contribution in [0.15, 0.2) is 158 Å². The molecule has 41 heavy (non-hydrogen) atoms. The van der Waals surface area contributed by atoms with Crippen LogP contribution in [-0.4, -0.2) is 9.97 Å². The number of anilines is 2. The average Bonchev–Trinajstić information content (AvgIpc) is 3.06. The van der Waals surface area contributed by atoms with Crippen LogP contribution in [0.3, 0.4) is 0 Å². The summed E-state index contributed by atoms with van der Waals surface area (Å²) in [5.74, 6) is 0.713. The minimum atomic E-state index is 0.713. The highest BCUT2D eigenvalue weighted by Gasteiger charge is 2.13. The highest BCUT2D eigenvalue weighted by atomic mass is 14.9. The lowest BCUT2D eigenvalue weighted by molar-refractivity contribution is 1.18. The van der Waals surface area contributed by atoms with Crippen molar-refractivity contribution < 1.29 is 0 Å². The lowest BCUT2D eigenvalue weighted by atomic mass is 10.0. The minimum Gasteiger partial charge on any atom is -0.355 e. The standard InChI is InChI=1S/C38H27N3/c1-3-12-28(13-4-1)33-19-9-10-21-35(33)39-31-24-22-29(23-25-31)36-26-37(41-38(40-36)30-15-5-2-6-16-30)34-20-11-17-27-14-7-8-18-32(27)34/h1-26,39H. The molecule has 1 N–H and O–H groups in total. The number of para-hydroxylation sites is 1. The van der Waals surface area contributed by atoms with E-state index in [2.05, 4.69) is 139 Å². The Bertz CT molecular complexity index is 1940. The zero-order chi connectivity index (χ0) is 27.4. The zero-order valence-electron chi connectivity index (χ0n) is 22.4. The van der Waals surface area contributed by atoms with E-state index in [0.717, 1.165) is 39.5 Å². The number of rotatable bonds is 6. The Balaban J connectivity index is 1.27. The van der Waals surface area contributed by atoms with Crippen molar-refractivity contribution in [3.05, 3.63) is 158 Å². The van der Waals surface area contributed by atoms with Gasteiger partial charge in [-0.3, -0.25) is 0 Å². The number of nitrogens with zero attached hydrogens (tertiary/aromatic N) is 2. The van der Waals surface area contributed by atoms with E-state index in [0.29, 0.717) is 5.82 Å². The number of nitrogens with one attached hydrogen (secondary N) is 1. The van der Waals surface area contributed by atoms with Crippen LogP contribution in [0.25, 0.3) is 55.8 Å². The molecular formula is C38H27N3. The van der Waals surface area contributed by atoms with E-state index in [-0.39, 0.29) is 0 Å². The topological polar surface area (TPSA) is 37.8 Å². The van der Waals surface area contributed by atoms with Crippen molar-refractivity contribution in [3.63, 3.8) is 0 Å². The second kappa shape index (κ2) is 10.9. The van der Waals surface area contributed by atoms with Crippen LogP contribution in [0.4, 0.5) is 11.4 Å². The molecule has 0 bridgehead atoms. The van der Waals surface area contributed by atoms with E-state index < -0.39 is 0 Å². The number of hydrogen-bond acceptors (Lipinski definition) is 3. The van der Waals surface area contributed by atoms with Gasteiger partial charge in [0, 0.05) is 33.6 Å². The molecule has 6 aromatic carbocycles. The summed E-state index contributed by atoms with van der Waals surface area (Å²) in [6.45, 7) is 0. The molecule has 0 aliphatic rings. The predicted molar refractivity (Wildman–Crippen MR) is 171 cm³/mol. The first-order chi connectivity index (χ1) is 20.3. The summed E-state index contributed by atoms with van der Waals surface area (Å²) < 4.78 is 0. The number of hydrogen-bond donors (Lipinski definition) is 1. The normalized spacial score (nSPS) is 10.9. The monoisotopic (exact) mass is 525 g/mol. The third kappa shape index (κ3) is 5.09. The van der Waals surface area contributed by atoms with Crippen molar-refractivity contribution in [2.45, 2.75) is 0 Å². The zero-order valence-corrected chi connectivity index (χ0v) is 22.4. The summed E-state index contributed by atoms with van der Waals surface area (Å²) in [5, 5.41) is 5.98. The number of fused-ring (bicyclic) bond motifs is 1.